The van der Waals surface area contributed by atoms with Crippen molar-refractivity contribution in [2.75, 3.05) is 5.32 Å². The van der Waals surface area contributed by atoms with Crippen LogP contribution in [0.2, 0.25) is 10.6 Å². The van der Waals surface area contributed by atoms with E-state index in [1.807, 2.05) is 0 Å². The normalized spacial score (nSPS) is 10.3. The van der Waals surface area contributed by atoms with Crippen LogP contribution in [0.4, 0.5) is 5.95 Å². The Kier molecular flexibility index (Phi) is 2.98. The minimum atomic E-state index is 0.0395. The fraction of sp³-hybridized carbons (Fsp3) is 0.143. The van der Waals surface area contributed by atoms with Gasteiger partial charge in [-0.3, -0.25) is 0 Å². The monoisotopic (exact) mass is 245 g/mol. The van der Waals surface area contributed by atoms with Crippen LogP contribution in [-0.2, 0) is 6.54 Å². The average Bonchev–Trinajstić information content (AvgIpc) is 2.65. The molecular formula is C7H5Cl2N5O. The predicted octanol–water partition coefficient (Wildman–Crippen LogP) is 1.78. The number of nitrogens with zero attached hydrogens (tertiary/aromatic N) is 4. The second-order valence-electron chi connectivity index (χ2n) is 2.54. The van der Waals surface area contributed by atoms with E-state index in [4.69, 9.17) is 23.2 Å². The van der Waals surface area contributed by atoms with Crippen LogP contribution in [0, 0.1) is 0 Å². The largest absolute Gasteiger partial charge is 0.364 e. The van der Waals surface area contributed by atoms with Gasteiger partial charge in [-0.05, 0) is 23.2 Å². The Balaban J connectivity index is 2.05. The number of nitrogens with one attached hydrogen (secondary N) is 1. The minimum Gasteiger partial charge on any atom is -0.364 e. The van der Waals surface area contributed by atoms with E-state index >= 15 is 0 Å². The summed E-state index contributed by atoms with van der Waals surface area (Å²) in [5.41, 5.74) is 0.725. The fourth-order valence-electron chi connectivity index (χ4n) is 0.903. The van der Waals surface area contributed by atoms with Crippen molar-refractivity contribution in [3.63, 3.8) is 0 Å². The Morgan fingerprint density at radius 2 is 1.93 bits per heavy atom. The average molecular weight is 246 g/mol. The summed E-state index contributed by atoms with van der Waals surface area (Å²) in [6.45, 7) is 0.424. The Bertz CT molecular complexity index is 426. The second-order valence-corrected chi connectivity index (χ2v) is 3.22. The van der Waals surface area contributed by atoms with E-state index in [9.17, 15) is 0 Å². The van der Waals surface area contributed by atoms with Gasteiger partial charge in [0.1, 0.15) is 12.0 Å². The van der Waals surface area contributed by atoms with E-state index in [2.05, 4.69) is 29.9 Å². The molecule has 2 rings (SSSR count). The topological polar surface area (TPSA) is 76.7 Å². The van der Waals surface area contributed by atoms with Crippen LogP contribution < -0.4 is 5.32 Å². The van der Waals surface area contributed by atoms with Gasteiger partial charge in [-0.2, -0.15) is 15.0 Å². The van der Waals surface area contributed by atoms with E-state index in [1.165, 1.54) is 6.26 Å². The molecule has 0 spiro atoms. The van der Waals surface area contributed by atoms with Crippen LogP contribution >= 0.6 is 23.2 Å². The molecule has 1 N–H and O–H groups in total. The van der Waals surface area contributed by atoms with Crippen LogP contribution in [0.15, 0.2) is 16.9 Å². The van der Waals surface area contributed by atoms with Crippen molar-refractivity contribution in [2.24, 2.45) is 0 Å². The minimum absolute atomic E-state index is 0.0395. The first-order valence-electron chi connectivity index (χ1n) is 3.94. The van der Waals surface area contributed by atoms with Crippen LogP contribution in [0.3, 0.4) is 0 Å². The molecule has 78 valence electrons. The third kappa shape index (κ3) is 2.77. The first kappa shape index (κ1) is 10.1. The third-order valence-electron chi connectivity index (χ3n) is 1.50. The Labute approximate surface area is 94.6 Å². The number of anilines is 1. The second kappa shape index (κ2) is 4.41. The molecule has 0 unspecified atom stereocenters. The molecule has 6 nitrogen and oxygen atoms in total. The van der Waals surface area contributed by atoms with Crippen molar-refractivity contribution in [1.29, 1.82) is 0 Å². The van der Waals surface area contributed by atoms with Gasteiger partial charge in [0.15, 0.2) is 0 Å². The molecule has 0 bridgehead atoms. The maximum absolute atomic E-state index is 5.59. The molecule has 2 aromatic heterocycles. The van der Waals surface area contributed by atoms with Crippen LogP contribution in [0.25, 0.3) is 0 Å². The molecule has 0 amide bonds. The lowest BCUT2D eigenvalue weighted by Gasteiger charge is -2.01. The molecule has 2 aromatic rings. The maximum Gasteiger partial charge on any atom is 0.228 e. The van der Waals surface area contributed by atoms with Gasteiger partial charge in [0.25, 0.3) is 0 Å². The zero-order chi connectivity index (χ0) is 10.7. The lowest BCUT2D eigenvalue weighted by Crippen LogP contribution is -2.04. The summed E-state index contributed by atoms with van der Waals surface area (Å²) in [7, 11) is 0. The summed E-state index contributed by atoms with van der Waals surface area (Å²) in [6.07, 6.45) is 1.48. The number of rotatable bonds is 3. The Morgan fingerprint density at radius 1 is 1.20 bits per heavy atom. The molecule has 2 heterocycles. The van der Waals surface area contributed by atoms with Gasteiger partial charge < -0.3 is 9.84 Å². The van der Waals surface area contributed by atoms with E-state index < -0.39 is 0 Å². The lowest BCUT2D eigenvalue weighted by atomic mass is 10.4. The highest BCUT2D eigenvalue weighted by atomic mass is 35.5. The zero-order valence-corrected chi connectivity index (χ0v) is 8.83. The molecule has 0 radical (unpaired) electrons. The van der Waals surface area contributed by atoms with E-state index in [-0.39, 0.29) is 10.6 Å². The standard InChI is InChI=1S/C7H5Cl2N5O/c8-5-11-6(9)13-7(12-5)10-3-4-1-2-15-14-4/h1-2H,3H2,(H,10,11,12,13). The summed E-state index contributed by atoms with van der Waals surface area (Å²) in [5, 5.41) is 6.66. The molecule has 0 saturated heterocycles. The summed E-state index contributed by atoms with van der Waals surface area (Å²) >= 11 is 11.2. The summed E-state index contributed by atoms with van der Waals surface area (Å²) in [6, 6.07) is 1.72. The van der Waals surface area contributed by atoms with Crippen molar-refractivity contribution in [2.45, 2.75) is 6.54 Å². The van der Waals surface area contributed by atoms with Crippen LogP contribution in [-0.4, -0.2) is 20.1 Å². The van der Waals surface area contributed by atoms with Gasteiger partial charge in [-0.1, -0.05) is 5.16 Å². The molecule has 0 aliphatic heterocycles. The third-order valence-corrected chi connectivity index (χ3v) is 1.84. The van der Waals surface area contributed by atoms with Gasteiger partial charge in [-0.15, -0.1) is 0 Å². The fourth-order valence-corrected chi connectivity index (χ4v) is 1.27. The Morgan fingerprint density at radius 3 is 2.53 bits per heavy atom. The number of hydrogen-bond acceptors (Lipinski definition) is 6. The van der Waals surface area contributed by atoms with Gasteiger partial charge in [0.05, 0.1) is 6.54 Å². The van der Waals surface area contributed by atoms with E-state index in [1.54, 1.807) is 6.07 Å². The number of hydrogen-bond donors (Lipinski definition) is 1. The highest BCUT2D eigenvalue weighted by Crippen LogP contribution is 2.10. The van der Waals surface area contributed by atoms with Crippen LogP contribution in [0.5, 0.6) is 0 Å². The molecule has 0 aliphatic rings. The molecule has 0 atom stereocenters. The predicted molar refractivity (Wildman–Crippen MR) is 53.7 cm³/mol. The van der Waals surface area contributed by atoms with Crippen LogP contribution in [0.1, 0.15) is 5.69 Å². The molecule has 0 aliphatic carbocycles. The summed E-state index contributed by atoms with van der Waals surface area (Å²) < 4.78 is 4.66. The first-order valence-corrected chi connectivity index (χ1v) is 4.70. The molecule has 8 heteroatoms. The Hall–Kier alpha value is -1.40. The van der Waals surface area contributed by atoms with Crippen molar-refractivity contribution in [3.8, 4) is 0 Å². The lowest BCUT2D eigenvalue weighted by molar-refractivity contribution is 0.412. The van der Waals surface area contributed by atoms with Gasteiger partial charge >= 0.3 is 0 Å². The number of aromatic nitrogens is 4. The highest BCUT2D eigenvalue weighted by molar-refractivity contribution is 6.31. The highest BCUT2D eigenvalue weighted by Gasteiger charge is 2.03. The van der Waals surface area contributed by atoms with Gasteiger partial charge in [-0.25, -0.2) is 0 Å². The molecule has 15 heavy (non-hydrogen) atoms. The molecule has 0 saturated carbocycles. The van der Waals surface area contributed by atoms with E-state index in [0.717, 1.165) is 5.69 Å². The SMILES string of the molecule is Clc1nc(Cl)nc(NCc2ccon2)n1. The smallest absolute Gasteiger partial charge is 0.228 e. The number of halogens is 2. The molecular weight excluding hydrogens is 241 g/mol. The molecule has 0 aromatic carbocycles. The quantitative estimate of drug-likeness (QED) is 0.889. The van der Waals surface area contributed by atoms with Crippen molar-refractivity contribution < 1.29 is 4.52 Å². The van der Waals surface area contributed by atoms with Crippen molar-refractivity contribution in [3.05, 3.63) is 28.6 Å². The van der Waals surface area contributed by atoms with E-state index in [0.29, 0.717) is 12.5 Å². The van der Waals surface area contributed by atoms with Crippen molar-refractivity contribution in [1.82, 2.24) is 20.1 Å². The first-order chi connectivity index (χ1) is 7.24. The summed E-state index contributed by atoms with van der Waals surface area (Å²) in [4.78, 5) is 11.3. The maximum atomic E-state index is 5.59. The van der Waals surface area contributed by atoms with Gasteiger partial charge in [0.2, 0.25) is 16.5 Å². The van der Waals surface area contributed by atoms with Crippen molar-refractivity contribution >= 4 is 29.2 Å². The molecule has 0 fully saturated rings. The van der Waals surface area contributed by atoms with Gasteiger partial charge in [0, 0.05) is 6.07 Å². The summed E-state index contributed by atoms with van der Waals surface area (Å²) in [5.74, 6) is 0.294. The zero-order valence-electron chi connectivity index (χ0n) is 7.31.